The van der Waals surface area contributed by atoms with Crippen molar-refractivity contribution in [1.29, 1.82) is 0 Å². The normalized spacial score (nSPS) is 14.3. The van der Waals surface area contributed by atoms with Crippen molar-refractivity contribution in [2.45, 2.75) is 32.5 Å². The fourth-order valence-corrected chi connectivity index (χ4v) is 4.33. The van der Waals surface area contributed by atoms with Crippen LogP contribution in [0.5, 0.6) is 0 Å². The Morgan fingerprint density at radius 1 is 1.24 bits per heavy atom. The van der Waals surface area contributed by atoms with E-state index in [2.05, 4.69) is 20.6 Å². The van der Waals surface area contributed by atoms with Gasteiger partial charge in [0.1, 0.15) is 12.4 Å². The summed E-state index contributed by atoms with van der Waals surface area (Å²) in [5, 5.41) is 24.8. The summed E-state index contributed by atoms with van der Waals surface area (Å²) in [6.07, 6.45) is 1.35. The molecule has 0 bridgehead atoms. The molecule has 2 atom stereocenters. The molecule has 0 saturated carbocycles. The molecule has 9 nitrogen and oxygen atoms in total. The Morgan fingerprint density at radius 3 is 2.73 bits per heavy atom. The minimum atomic E-state index is -0.632. The van der Waals surface area contributed by atoms with Crippen molar-refractivity contribution in [2.24, 2.45) is 0 Å². The molecule has 1 aliphatic heterocycles. The summed E-state index contributed by atoms with van der Waals surface area (Å²) in [6, 6.07) is 9.18. The first kappa shape index (κ1) is 26.5. The number of halogens is 2. The van der Waals surface area contributed by atoms with Crippen molar-refractivity contribution < 1.29 is 24.2 Å². The molecule has 0 spiro atoms. The van der Waals surface area contributed by atoms with Gasteiger partial charge in [-0.05, 0) is 31.5 Å². The topological polar surface area (TPSA) is 128 Å². The van der Waals surface area contributed by atoms with Crippen molar-refractivity contribution in [3.63, 3.8) is 0 Å². The smallest absolute Gasteiger partial charge is 0.255 e. The van der Waals surface area contributed by atoms with E-state index >= 15 is 4.39 Å². The van der Waals surface area contributed by atoms with Crippen molar-refractivity contribution in [1.82, 2.24) is 20.2 Å². The third-order valence-electron chi connectivity index (χ3n) is 6.03. The van der Waals surface area contributed by atoms with Gasteiger partial charge in [-0.1, -0.05) is 41.4 Å². The molecule has 2 unspecified atom stereocenters. The predicted molar refractivity (Wildman–Crippen MR) is 136 cm³/mol. The molecule has 0 aliphatic carbocycles. The Balaban J connectivity index is 1.52. The second kappa shape index (κ2) is 11.2. The lowest BCUT2D eigenvalue weighted by molar-refractivity contribution is -0.122. The van der Waals surface area contributed by atoms with Crippen molar-refractivity contribution in [3.05, 3.63) is 75.7 Å². The number of amides is 2. The first-order valence-corrected chi connectivity index (χ1v) is 12.1. The number of aliphatic hydroxyl groups excluding tert-OH is 2. The highest BCUT2D eigenvalue weighted by molar-refractivity contribution is 6.33. The average molecular weight is 528 g/mol. The zero-order valence-electron chi connectivity index (χ0n) is 20.3. The molecule has 0 fully saturated rings. The average Bonchev–Trinajstić information content (AvgIpc) is 3.19. The number of rotatable bonds is 9. The van der Waals surface area contributed by atoms with Gasteiger partial charge in [0.15, 0.2) is 0 Å². The van der Waals surface area contributed by atoms with Gasteiger partial charge in [-0.15, -0.1) is 0 Å². The van der Waals surface area contributed by atoms with Gasteiger partial charge in [-0.3, -0.25) is 9.59 Å². The maximum absolute atomic E-state index is 15.1. The van der Waals surface area contributed by atoms with Gasteiger partial charge >= 0.3 is 0 Å². The molecule has 11 heteroatoms. The first-order valence-electron chi connectivity index (χ1n) is 11.7. The SMILES string of the molecule is Cc1cccc(C(CO)NC(=O)CN2Cc3c(F)cc(-c4nc(NC(C)CO)ncc4Cl)cc3C2=O)c1. The first-order chi connectivity index (χ1) is 17.7. The number of nitrogens with zero attached hydrogens (tertiary/aromatic N) is 3. The third-order valence-corrected chi connectivity index (χ3v) is 6.30. The number of aromatic nitrogens is 2. The molecule has 0 saturated heterocycles. The van der Waals surface area contributed by atoms with Crippen LogP contribution in [-0.4, -0.2) is 62.7 Å². The molecular formula is C26H27ClFN5O4. The fraction of sp³-hybridized carbons (Fsp3) is 0.308. The van der Waals surface area contributed by atoms with E-state index in [1.165, 1.54) is 23.2 Å². The molecule has 4 rings (SSSR count). The quantitative estimate of drug-likeness (QED) is 0.337. The summed E-state index contributed by atoms with van der Waals surface area (Å²) in [4.78, 5) is 35.5. The summed E-state index contributed by atoms with van der Waals surface area (Å²) in [5.41, 5.74) is 2.52. The van der Waals surface area contributed by atoms with Gasteiger partial charge < -0.3 is 25.7 Å². The minimum Gasteiger partial charge on any atom is -0.394 e. The number of carbonyl (C=O) groups excluding carboxylic acids is 2. The van der Waals surface area contributed by atoms with E-state index in [-0.39, 0.29) is 65.7 Å². The molecular weight excluding hydrogens is 501 g/mol. The van der Waals surface area contributed by atoms with E-state index in [1.54, 1.807) is 13.0 Å². The molecule has 3 aromatic rings. The number of aliphatic hydroxyl groups is 2. The maximum Gasteiger partial charge on any atom is 0.255 e. The summed E-state index contributed by atoms with van der Waals surface area (Å²) in [6.45, 7) is 2.82. The number of benzene rings is 2. The number of anilines is 1. The zero-order valence-corrected chi connectivity index (χ0v) is 21.1. The molecule has 4 N–H and O–H groups in total. The van der Waals surface area contributed by atoms with Gasteiger partial charge in [0, 0.05) is 22.7 Å². The second-order valence-corrected chi connectivity index (χ2v) is 9.39. The predicted octanol–water partition coefficient (Wildman–Crippen LogP) is 2.84. The monoisotopic (exact) mass is 527 g/mol. The summed E-state index contributed by atoms with van der Waals surface area (Å²) >= 11 is 6.27. The standard InChI is InChI=1S/C26H27ClFN5O4/c1-14-4-3-5-16(6-14)22(13-35)31-23(36)11-33-10-19-18(25(33)37)7-17(8-21(19)28)24-20(27)9-29-26(32-24)30-15(2)12-34/h3-9,15,22,34-35H,10-13H2,1-2H3,(H,31,36)(H,29,30,32). The van der Waals surface area contributed by atoms with Gasteiger partial charge in [0.25, 0.3) is 5.91 Å². The van der Waals surface area contributed by atoms with Crippen LogP contribution in [0.2, 0.25) is 5.02 Å². The van der Waals surface area contributed by atoms with Crippen LogP contribution < -0.4 is 10.6 Å². The number of nitrogens with one attached hydrogen (secondary N) is 2. The lowest BCUT2D eigenvalue weighted by atomic mass is 10.0. The van der Waals surface area contributed by atoms with Crippen LogP contribution in [-0.2, 0) is 11.3 Å². The Bertz CT molecular complexity index is 1340. The lowest BCUT2D eigenvalue weighted by Gasteiger charge is -2.20. The molecule has 37 heavy (non-hydrogen) atoms. The molecule has 194 valence electrons. The van der Waals surface area contributed by atoms with Gasteiger partial charge in [0.05, 0.1) is 42.7 Å². The minimum absolute atomic E-state index is 0.0692. The van der Waals surface area contributed by atoms with Crippen LogP contribution in [0, 0.1) is 12.7 Å². The van der Waals surface area contributed by atoms with E-state index in [0.29, 0.717) is 0 Å². The molecule has 2 aromatic carbocycles. The highest BCUT2D eigenvalue weighted by atomic mass is 35.5. The van der Waals surface area contributed by atoms with Crippen molar-refractivity contribution in [2.75, 3.05) is 25.1 Å². The highest BCUT2D eigenvalue weighted by Crippen LogP contribution is 2.33. The van der Waals surface area contributed by atoms with E-state index in [4.69, 9.17) is 11.6 Å². The van der Waals surface area contributed by atoms with Crippen LogP contribution >= 0.6 is 11.6 Å². The van der Waals surface area contributed by atoms with E-state index in [9.17, 15) is 19.8 Å². The van der Waals surface area contributed by atoms with Gasteiger partial charge in [-0.2, -0.15) is 0 Å². The van der Waals surface area contributed by atoms with Crippen LogP contribution in [0.15, 0.2) is 42.6 Å². The summed E-state index contributed by atoms with van der Waals surface area (Å²) in [7, 11) is 0. The van der Waals surface area contributed by atoms with Crippen LogP contribution in [0.25, 0.3) is 11.3 Å². The summed E-state index contributed by atoms with van der Waals surface area (Å²) in [5.74, 6) is -1.41. The summed E-state index contributed by atoms with van der Waals surface area (Å²) < 4.78 is 15.1. The third kappa shape index (κ3) is 5.87. The number of fused-ring (bicyclic) bond motifs is 1. The van der Waals surface area contributed by atoms with Crippen LogP contribution in [0.4, 0.5) is 10.3 Å². The van der Waals surface area contributed by atoms with Gasteiger partial charge in [-0.25, -0.2) is 14.4 Å². The Morgan fingerprint density at radius 2 is 2.03 bits per heavy atom. The van der Waals surface area contributed by atoms with Gasteiger partial charge in [0.2, 0.25) is 11.9 Å². The number of carbonyl (C=O) groups is 2. The van der Waals surface area contributed by atoms with E-state index in [1.807, 2.05) is 25.1 Å². The zero-order chi connectivity index (χ0) is 26.7. The number of hydrogen-bond donors (Lipinski definition) is 4. The van der Waals surface area contributed by atoms with Crippen molar-refractivity contribution in [3.8, 4) is 11.3 Å². The Hall–Kier alpha value is -3.60. The van der Waals surface area contributed by atoms with E-state index in [0.717, 1.165) is 11.1 Å². The van der Waals surface area contributed by atoms with Crippen LogP contribution in [0.1, 0.15) is 40.0 Å². The Labute approximate surface area is 218 Å². The second-order valence-electron chi connectivity index (χ2n) is 8.98. The molecule has 1 aromatic heterocycles. The highest BCUT2D eigenvalue weighted by Gasteiger charge is 2.32. The largest absolute Gasteiger partial charge is 0.394 e. The number of hydrogen-bond acceptors (Lipinski definition) is 7. The van der Waals surface area contributed by atoms with Crippen molar-refractivity contribution >= 4 is 29.4 Å². The molecule has 0 radical (unpaired) electrons. The van der Waals surface area contributed by atoms with Crippen LogP contribution in [0.3, 0.4) is 0 Å². The maximum atomic E-state index is 15.1. The lowest BCUT2D eigenvalue weighted by Crippen LogP contribution is -2.40. The fourth-order valence-electron chi connectivity index (χ4n) is 4.13. The molecule has 2 amide bonds. The van der Waals surface area contributed by atoms with E-state index < -0.39 is 23.7 Å². The number of aryl methyl sites for hydroxylation is 1. The molecule has 2 heterocycles. The Kier molecular flexibility index (Phi) is 8.01. The molecule has 1 aliphatic rings.